The Morgan fingerprint density at radius 1 is 0.917 bits per heavy atom. The summed E-state index contributed by atoms with van der Waals surface area (Å²) in [7, 11) is 2.11. The van der Waals surface area contributed by atoms with E-state index < -0.39 is 0 Å². The Morgan fingerprint density at radius 2 is 1.54 bits per heavy atom. The Morgan fingerprint density at radius 3 is 2.08 bits per heavy atom. The second-order valence-electron chi connectivity index (χ2n) is 7.14. The van der Waals surface area contributed by atoms with Gasteiger partial charge in [-0.25, -0.2) is 4.79 Å². The van der Waals surface area contributed by atoms with E-state index in [4.69, 9.17) is 0 Å². The quantitative estimate of drug-likeness (QED) is 0.804. The molecule has 0 radical (unpaired) electrons. The number of carbonyl (C=O) groups excluding carboxylic acids is 1. The monoisotopic (exact) mass is 330 g/mol. The number of hydrogen-bond donors (Lipinski definition) is 0. The van der Waals surface area contributed by atoms with Gasteiger partial charge in [-0.2, -0.15) is 5.10 Å². The van der Waals surface area contributed by atoms with Crippen LogP contribution in [0.5, 0.6) is 0 Å². The summed E-state index contributed by atoms with van der Waals surface area (Å²) in [5.41, 5.74) is 1.13. The molecule has 1 saturated carbocycles. The SMILES string of the molecule is CN1CCN(C(=O)N2CCN(c3ccc(C4CC4)nn3)CC2)CC1. The van der Waals surface area contributed by atoms with Crippen molar-refractivity contribution in [1.29, 1.82) is 0 Å². The van der Waals surface area contributed by atoms with E-state index in [-0.39, 0.29) is 6.03 Å². The molecule has 2 saturated heterocycles. The van der Waals surface area contributed by atoms with Crippen molar-refractivity contribution in [2.45, 2.75) is 18.8 Å². The lowest BCUT2D eigenvalue weighted by molar-refractivity contribution is 0.120. The highest BCUT2D eigenvalue weighted by molar-refractivity contribution is 5.75. The minimum Gasteiger partial charge on any atom is -0.352 e. The van der Waals surface area contributed by atoms with Crippen molar-refractivity contribution in [3.05, 3.63) is 17.8 Å². The highest BCUT2D eigenvalue weighted by atomic mass is 16.2. The maximum Gasteiger partial charge on any atom is 0.320 e. The van der Waals surface area contributed by atoms with Gasteiger partial charge in [0.15, 0.2) is 5.82 Å². The summed E-state index contributed by atoms with van der Waals surface area (Å²) in [5.74, 6) is 1.58. The summed E-state index contributed by atoms with van der Waals surface area (Å²) < 4.78 is 0. The molecule has 2 amide bonds. The number of rotatable bonds is 2. The van der Waals surface area contributed by atoms with Crippen LogP contribution in [-0.4, -0.2) is 90.3 Å². The van der Waals surface area contributed by atoms with E-state index in [1.165, 1.54) is 12.8 Å². The first-order chi connectivity index (χ1) is 11.7. The zero-order valence-corrected chi connectivity index (χ0v) is 14.4. The van der Waals surface area contributed by atoms with Crippen LogP contribution >= 0.6 is 0 Å². The molecule has 0 spiro atoms. The number of carbonyl (C=O) groups is 1. The third kappa shape index (κ3) is 3.31. The molecule has 130 valence electrons. The van der Waals surface area contributed by atoms with E-state index in [1.54, 1.807) is 0 Å². The third-order valence-corrected chi connectivity index (χ3v) is 5.31. The zero-order chi connectivity index (χ0) is 16.5. The van der Waals surface area contributed by atoms with Crippen molar-refractivity contribution in [3.63, 3.8) is 0 Å². The summed E-state index contributed by atoms with van der Waals surface area (Å²) in [6.45, 7) is 6.79. The normalized spacial score (nSPS) is 22.8. The molecule has 3 aliphatic rings. The molecule has 0 atom stereocenters. The molecule has 24 heavy (non-hydrogen) atoms. The number of nitrogens with zero attached hydrogens (tertiary/aromatic N) is 6. The van der Waals surface area contributed by atoms with E-state index in [0.29, 0.717) is 5.92 Å². The average Bonchev–Trinajstić information content (AvgIpc) is 3.47. The Kier molecular flexibility index (Phi) is 4.26. The molecular weight excluding hydrogens is 304 g/mol. The van der Waals surface area contributed by atoms with Crippen molar-refractivity contribution >= 4 is 11.8 Å². The summed E-state index contributed by atoms with van der Waals surface area (Å²) in [6, 6.07) is 4.39. The van der Waals surface area contributed by atoms with Crippen LogP contribution in [0.1, 0.15) is 24.5 Å². The molecule has 2 aliphatic heterocycles. The molecule has 1 aromatic heterocycles. The van der Waals surface area contributed by atoms with Crippen molar-refractivity contribution < 1.29 is 4.79 Å². The molecule has 0 unspecified atom stereocenters. The predicted octanol–water partition coefficient (Wildman–Crippen LogP) is 0.843. The number of aromatic nitrogens is 2. The molecular formula is C17H26N6O. The van der Waals surface area contributed by atoms with Gasteiger partial charge >= 0.3 is 6.03 Å². The average molecular weight is 330 g/mol. The largest absolute Gasteiger partial charge is 0.352 e. The lowest BCUT2D eigenvalue weighted by atomic mass is 10.2. The standard InChI is InChI=1S/C17H26N6O/c1-20-6-8-22(9-7-20)17(24)23-12-10-21(11-13-23)16-5-4-15(18-19-16)14-2-3-14/h4-5,14H,2-3,6-13H2,1H3. The van der Waals surface area contributed by atoms with Gasteiger partial charge in [0.25, 0.3) is 0 Å². The fraction of sp³-hybridized carbons (Fsp3) is 0.706. The minimum absolute atomic E-state index is 0.193. The van der Waals surface area contributed by atoms with Gasteiger partial charge in [-0.1, -0.05) is 0 Å². The van der Waals surface area contributed by atoms with Gasteiger partial charge in [0.2, 0.25) is 0 Å². The number of hydrogen-bond acceptors (Lipinski definition) is 5. The van der Waals surface area contributed by atoms with E-state index >= 15 is 0 Å². The molecule has 1 aromatic rings. The number of amides is 2. The molecule has 3 fully saturated rings. The first-order valence-corrected chi connectivity index (χ1v) is 9.02. The van der Waals surface area contributed by atoms with Gasteiger partial charge in [0.1, 0.15) is 0 Å². The molecule has 1 aliphatic carbocycles. The molecule has 4 rings (SSSR count). The topological polar surface area (TPSA) is 55.8 Å². The molecule has 0 N–H and O–H groups in total. The number of piperazine rings is 2. The fourth-order valence-electron chi connectivity index (χ4n) is 3.43. The van der Waals surface area contributed by atoms with Gasteiger partial charge in [-0.05, 0) is 32.0 Å². The van der Waals surface area contributed by atoms with Crippen LogP contribution in [0.25, 0.3) is 0 Å². The van der Waals surface area contributed by atoms with E-state index in [1.807, 2.05) is 9.80 Å². The van der Waals surface area contributed by atoms with Crippen LogP contribution in [0.3, 0.4) is 0 Å². The van der Waals surface area contributed by atoms with Crippen LogP contribution in [0.4, 0.5) is 10.6 Å². The molecule has 3 heterocycles. The molecule has 0 bridgehead atoms. The highest BCUT2D eigenvalue weighted by Crippen LogP contribution is 2.38. The van der Waals surface area contributed by atoms with Crippen LogP contribution < -0.4 is 4.90 Å². The lowest BCUT2D eigenvalue weighted by Gasteiger charge is -2.40. The number of anilines is 1. The highest BCUT2D eigenvalue weighted by Gasteiger charge is 2.28. The van der Waals surface area contributed by atoms with E-state index in [9.17, 15) is 4.79 Å². The van der Waals surface area contributed by atoms with Crippen molar-refractivity contribution in [2.24, 2.45) is 0 Å². The van der Waals surface area contributed by atoms with Gasteiger partial charge in [0.05, 0.1) is 5.69 Å². The van der Waals surface area contributed by atoms with Crippen molar-refractivity contribution in [2.75, 3.05) is 64.3 Å². The zero-order valence-electron chi connectivity index (χ0n) is 14.4. The van der Waals surface area contributed by atoms with E-state index in [2.05, 4.69) is 39.2 Å². The smallest absolute Gasteiger partial charge is 0.320 e. The Labute approximate surface area is 143 Å². The number of urea groups is 1. The van der Waals surface area contributed by atoms with Crippen LogP contribution in [0.15, 0.2) is 12.1 Å². The van der Waals surface area contributed by atoms with Gasteiger partial charge in [-0.15, -0.1) is 5.10 Å². The Balaban J connectivity index is 1.30. The molecule has 7 heteroatoms. The first-order valence-electron chi connectivity index (χ1n) is 9.02. The Bertz CT molecular complexity index is 571. The predicted molar refractivity (Wildman–Crippen MR) is 92.3 cm³/mol. The van der Waals surface area contributed by atoms with E-state index in [0.717, 1.165) is 63.9 Å². The Hall–Kier alpha value is -1.89. The van der Waals surface area contributed by atoms with Crippen molar-refractivity contribution in [3.8, 4) is 0 Å². The van der Waals surface area contributed by atoms with Crippen LogP contribution in [0.2, 0.25) is 0 Å². The summed E-state index contributed by atoms with van der Waals surface area (Å²) in [6.07, 6.45) is 2.50. The third-order valence-electron chi connectivity index (χ3n) is 5.31. The first kappa shape index (κ1) is 15.6. The molecule has 7 nitrogen and oxygen atoms in total. The molecule has 0 aromatic carbocycles. The summed E-state index contributed by atoms with van der Waals surface area (Å²) in [4.78, 5) is 21.1. The lowest BCUT2D eigenvalue weighted by Crippen LogP contribution is -2.56. The number of likely N-dealkylation sites (N-methyl/N-ethyl adjacent to an activating group) is 1. The second kappa shape index (κ2) is 6.55. The van der Waals surface area contributed by atoms with Crippen LogP contribution in [-0.2, 0) is 0 Å². The maximum atomic E-state index is 12.6. The second-order valence-corrected chi connectivity index (χ2v) is 7.14. The van der Waals surface area contributed by atoms with Gasteiger partial charge < -0.3 is 19.6 Å². The maximum absolute atomic E-state index is 12.6. The van der Waals surface area contributed by atoms with Crippen LogP contribution in [0, 0.1) is 0 Å². The van der Waals surface area contributed by atoms with Gasteiger partial charge in [0, 0.05) is 58.3 Å². The summed E-state index contributed by atoms with van der Waals surface area (Å²) >= 11 is 0. The van der Waals surface area contributed by atoms with Crippen molar-refractivity contribution in [1.82, 2.24) is 24.9 Å². The fourth-order valence-corrected chi connectivity index (χ4v) is 3.43. The van der Waals surface area contributed by atoms with Gasteiger partial charge in [-0.3, -0.25) is 0 Å². The summed E-state index contributed by atoms with van der Waals surface area (Å²) in [5, 5.41) is 8.75. The minimum atomic E-state index is 0.193.